The van der Waals surface area contributed by atoms with Crippen molar-refractivity contribution in [2.45, 2.75) is 18.9 Å². The number of carbonyl (C=O) groups excluding carboxylic acids is 2. The van der Waals surface area contributed by atoms with Crippen LogP contribution < -0.4 is 14.2 Å². The van der Waals surface area contributed by atoms with Gasteiger partial charge in [-0.15, -0.1) is 0 Å². The summed E-state index contributed by atoms with van der Waals surface area (Å²) in [5.74, 6) is 0.181. The lowest BCUT2D eigenvalue weighted by Gasteiger charge is -2.27. The molecule has 0 bridgehead atoms. The Morgan fingerprint density at radius 1 is 1.06 bits per heavy atom. The number of ether oxygens (including phenoxy) is 3. The van der Waals surface area contributed by atoms with Gasteiger partial charge in [-0.2, -0.15) is 0 Å². The highest BCUT2D eigenvalue weighted by atomic mass is 16.7. The summed E-state index contributed by atoms with van der Waals surface area (Å²) in [7, 11) is 1.53. The van der Waals surface area contributed by atoms with E-state index in [-0.39, 0.29) is 18.1 Å². The van der Waals surface area contributed by atoms with Crippen molar-refractivity contribution in [2.75, 3.05) is 40.1 Å². The number of fused-ring (bicyclic) bond motifs is 1. The van der Waals surface area contributed by atoms with Crippen LogP contribution in [0.1, 0.15) is 30.0 Å². The number of likely N-dealkylation sites (tertiary alicyclic amines) is 2. The maximum absolute atomic E-state index is 13.2. The predicted octanol–water partition coefficient (Wildman–Crippen LogP) is 2.94. The first-order chi connectivity index (χ1) is 16.1. The number of ketones is 1. The lowest BCUT2D eigenvalue weighted by atomic mass is 9.95. The van der Waals surface area contributed by atoms with Crippen LogP contribution in [-0.2, 0) is 9.59 Å². The molecule has 1 N–H and O–H groups in total. The number of nitrogens with zero attached hydrogens (tertiary/aromatic N) is 2. The minimum Gasteiger partial charge on any atom is -0.507 e. The molecule has 1 unspecified atom stereocenters. The quantitative estimate of drug-likeness (QED) is 0.411. The van der Waals surface area contributed by atoms with E-state index in [0.29, 0.717) is 41.5 Å². The van der Waals surface area contributed by atoms with Crippen LogP contribution in [0, 0.1) is 0 Å². The molecule has 2 saturated heterocycles. The van der Waals surface area contributed by atoms with Crippen molar-refractivity contribution in [3.8, 4) is 17.2 Å². The maximum atomic E-state index is 13.2. The molecule has 5 rings (SSSR count). The molecule has 0 radical (unpaired) electrons. The van der Waals surface area contributed by atoms with E-state index < -0.39 is 17.7 Å². The molecule has 2 aromatic rings. The summed E-state index contributed by atoms with van der Waals surface area (Å²) in [6, 6.07) is 11.4. The largest absolute Gasteiger partial charge is 0.507 e. The average molecular weight is 450 g/mol. The minimum atomic E-state index is -0.728. The van der Waals surface area contributed by atoms with Gasteiger partial charge in [0.1, 0.15) is 11.5 Å². The molecule has 2 fully saturated rings. The van der Waals surface area contributed by atoms with Gasteiger partial charge < -0.3 is 29.1 Å². The summed E-state index contributed by atoms with van der Waals surface area (Å²) in [6.07, 6.45) is 2.28. The standard InChI is InChI=1S/C25H26N2O6/c1-31-18-6-4-5-17(13-18)23(28)21-22(16-7-8-19-20(14-16)33-15-32-19)27(25(30)24(21)29)12-11-26-9-2-3-10-26/h4-8,13-14,22,28H,2-3,9-12,15H2,1H3/b23-21+. The van der Waals surface area contributed by atoms with E-state index in [1.807, 2.05) is 6.07 Å². The summed E-state index contributed by atoms with van der Waals surface area (Å²) < 4.78 is 16.2. The monoisotopic (exact) mass is 450 g/mol. The molecule has 0 aromatic heterocycles. The predicted molar refractivity (Wildman–Crippen MR) is 120 cm³/mol. The Labute approximate surface area is 192 Å². The van der Waals surface area contributed by atoms with Gasteiger partial charge in [0.05, 0.1) is 18.7 Å². The van der Waals surface area contributed by atoms with Crippen molar-refractivity contribution in [3.05, 3.63) is 59.2 Å². The Morgan fingerprint density at radius 2 is 1.85 bits per heavy atom. The number of rotatable bonds is 6. The molecular weight excluding hydrogens is 424 g/mol. The number of benzene rings is 2. The third kappa shape index (κ3) is 3.91. The van der Waals surface area contributed by atoms with Crippen LogP contribution >= 0.6 is 0 Å². The zero-order chi connectivity index (χ0) is 22.9. The zero-order valence-electron chi connectivity index (χ0n) is 18.5. The first-order valence-corrected chi connectivity index (χ1v) is 11.1. The Balaban J connectivity index is 1.58. The van der Waals surface area contributed by atoms with E-state index in [1.165, 1.54) is 7.11 Å². The van der Waals surface area contributed by atoms with Crippen molar-refractivity contribution in [1.29, 1.82) is 0 Å². The Hall–Kier alpha value is -3.52. The van der Waals surface area contributed by atoms with Crippen molar-refractivity contribution in [2.24, 2.45) is 0 Å². The van der Waals surface area contributed by atoms with Crippen molar-refractivity contribution >= 4 is 17.4 Å². The maximum Gasteiger partial charge on any atom is 0.295 e. The van der Waals surface area contributed by atoms with Crippen LogP contribution in [0.15, 0.2) is 48.0 Å². The van der Waals surface area contributed by atoms with Gasteiger partial charge in [0.15, 0.2) is 11.5 Å². The lowest BCUT2D eigenvalue weighted by Crippen LogP contribution is -2.37. The number of methoxy groups -OCH3 is 1. The van der Waals surface area contributed by atoms with E-state index in [0.717, 1.165) is 25.9 Å². The Bertz CT molecular complexity index is 1120. The molecule has 0 spiro atoms. The molecule has 172 valence electrons. The summed E-state index contributed by atoms with van der Waals surface area (Å²) in [4.78, 5) is 30.2. The molecule has 8 nitrogen and oxygen atoms in total. The zero-order valence-corrected chi connectivity index (χ0v) is 18.5. The Morgan fingerprint density at radius 3 is 2.64 bits per heavy atom. The second-order valence-corrected chi connectivity index (χ2v) is 8.39. The lowest BCUT2D eigenvalue weighted by molar-refractivity contribution is -0.140. The molecule has 0 aliphatic carbocycles. The van der Waals surface area contributed by atoms with Crippen LogP contribution in [0.4, 0.5) is 0 Å². The molecular formula is C25H26N2O6. The van der Waals surface area contributed by atoms with E-state index in [2.05, 4.69) is 4.90 Å². The second-order valence-electron chi connectivity index (χ2n) is 8.39. The van der Waals surface area contributed by atoms with Gasteiger partial charge in [-0.05, 0) is 55.8 Å². The number of aliphatic hydroxyl groups is 1. The highest BCUT2D eigenvalue weighted by Gasteiger charge is 2.46. The number of Topliss-reactive ketones (excluding diaryl/α,β-unsaturated/α-hetero) is 1. The van der Waals surface area contributed by atoms with Crippen LogP contribution in [0.25, 0.3) is 5.76 Å². The molecule has 2 aromatic carbocycles. The second kappa shape index (κ2) is 8.78. The summed E-state index contributed by atoms with van der Waals surface area (Å²) in [5, 5.41) is 11.2. The summed E-state index contributed by atoms with van der Waals surface area (Å²) in [6.45, 7) is 3.16. The SMILES string of the molecule is COc1cccc(/C(O)=C2\C(=O)C(=O)N(CCN3CCCC3)C2c2ccc3c(c2)OCO3)c1. The van der Waals surface area contributed by atoms with Crippen molar-refractivity contribution in [3.63, 3.8) is 0 Å². The first kappa shape index (κ1) is 21.3. The smallest absolute Gasteiger partial charge is 0.295 e. The van der Waals surface area contributed by atoms with E-state index in [1.54, 1.807) is 41.3 Å². The van der Waals surface area contributed by atoms with Crippen LogP contribution in [-0.4, -0.2) is 66.7 Å². The van der Waals surface area contributed by atoms with E-state index in [9.17, 15) is 14.7 Å². The molecule has 33 heavy (non-hydrogen) atoms. The average Bonchev–Trinajstić information content (AvgIpc) is 3.58. The van der Waals surface area contributed by atoms with Gasteiger partial charge in [0.25, 0.3) is 11.7 Å². The van der Waals surface area contributed by atoms with Crippen LogP contribution in [0.2, 0.25) is 0 Å². The molecule has 3 aliphatic heterocycles. The first-order valence-electron chi connectivity index (χ1n) is 11.1. The van der Waals surface area contributed by atoms with Gasteiger partial charge in [-0.1, -0.05) is 18.2 Å². The van der Waals surface area contributed by atoms with Crippen molar-refractivity contribution in [1.82, 2.24) is 9.80 Å². The highest BCUT2D eigenvalue weighted by molar-refractivity contribution is 6.46. The van der Waals surface area contributed by atoms with Crippen LogP contribution in [0.5, 0.6) is 17.2 Å². The third-order valence-electron chi connectivity index (χ3n) is 6.45. The van der Waals surface area contributed by atoms with Crippen molar-refractivity contribution < 1.29 is 28.9 Å². The Kier molecular flexibility index (Phi) is 5.68. The number of carbonyl (C=O) groups is 2. The normalized spacial score (nSPS) is 21.7. The number of aliphatic hydroxyl groups excluding tert-OH is 1. The van der Waals surface area contributed by atoms with Gasteiger partial charge in [0, 0.05) is 18.7 Å². The van der Waals surface area contributed by atoms with E-state index in [4.69, 9.17) is 14.2 Å². The fourth-order valence-corrected chi connectivity index (χ4v) is 4.72. The van der Waals surface area contributed by atoms with Gasteiger partial charge >= 0.3 is 0 Å². The fourth-order valence-electron chi connectivity index (χ4n) is 4.72. The fraction of sp³-hybridized carbons (Fsp3) is 0.360. The summed E-state index contributed by atoms with van der Waals surface area (Å²) in [5.41, 5.74) is 1.16. The van der Waals surface area contributed by atoms with Gasteiger partial charge in [0.2, 0.25) is 6.79 Å². The van der Waals surface area contributed by atoms with Gasteiger partial charge in [-0.3, -0.25) is 9.59 Å². The number of amides is 1. The van der Waals surface area contributed by atoms with Crippen LogP contribution in [0.3, 0.4) is 0 Å². The minimum absolute atomic E-state index is 0.0635. The molecule has 8 heteroatoms. The third-order valence-corrected chi connectivity index (χ3v) is 6.45. The number of hydrogen-bond donors (Lipinski definition) is 1. The molecule has 0 saturated carbocycles. The number of hydrogen-bond acceptors (Lipinski definition) is 7. The molecule has 3 heterocycles. The summed E-state index contributed by atoms with van der Waals surface area (Å²) >= 11 is 0. The topological polar surface area (TPSA) is 88.5 Å². The van der Waals surface area contributed by atoms with Gasteiger partial charge in [-0.25, -0.2) is 0 Å². The molecule has 1 atom stereocenters. The molecule has 3 aliphatic rings. The van der Waals surface area contributed by atoms with E-state index >= 15 is 0 Å². The molecule has 1 amide bonds. The highest BCUT2D eigenvalue weighted by Crippen LogP contribution is 2.43.